The Morgan fingerprint density at radius 2 is 2.29 bits per heavy atom. The van der Waals surface area contributed by atoms with E-state index in [9.17, 15) is 14.9 Å². The zero-order valence-electron chi connectivity index (χ0n) is 8.50. The topological polar surface area (TPSA) is 89.7 Å². The number of nitro groups is 1. The maximum absolute atomic E-state index is 10.9. The molecule has 0 spiro atoms. The van der Waals surface area contributed by atoms with E-state index < -0.39 is 16.6 Å². The molecular weight excluding hydrogens is 250 g/mol. The first-order valence-electron chi connectivity index (χ1n) is 4.46. The van der Waals surface area contributed by atoms with Gasteiger partial charge < -0.3 is 9.84 Å². The van der Waals surface area contributed by atoms with Crippen molar-refractivity contribution in [3.8, 4) is 5.75 Å². The zero-order valence-corrected chi connectivity index (χ0v) is 9.26. The standard InChI is InChI=1S/C10H8ClNO5/c11-5-2-6-17-9-7(10(13)14)3-1-4-8(9)12(15)16/h1-5H,6H2,(H,13,14)/b5-2+. The zero-order chi connectivity index (χ0) is 12.8. The van der Waals surface area contributed by atoms with Crippen molar-refractivity contribution in [3.63, 3.8) is 0 Å². The van der Waals surface area contributed by atoms with Gasteiger partial charge in [-0.1, -0.05) is 17.7 Å². The first kappa shape index (κ1) is 13.0. The Morgan fingerprint density at radius 1 is 1.59 bits per heavy atom. The predicted octanol–water partition coefficient (Wildman–Crippen LogP) is 2.42. The highest BCUT2D eigenvalue weighted by Crippen LogP contribution is 2.30. The number of carbonyl (C=O) groups is 1. The Labute approximate surface area is 101 Å². The molecule has 0 amide bonds. The normalized spacial score (nSPS) is 10.4. The lowest BCUT2D eigenvalue weighted by molar-refractivity contribution is -0.385. The Bertz CT molecular complexity index is 440. The highest BCUT2D eigenvalue weighted by Gasteiger charge is 2.22. The molecule has 0 heterocycles. The summed E-state index contributed by atoms with van der Waals surface area (Å²) < 4.78 is 5.04. The van der Waals surface area contributed by atoms with Gasteiger partial charge in [0, 0.05) is 11.6 Å². The largest absolute Gasteiger partial charge is 0.482 e. The van der Waals surface area contributed by atoms with Crippen molar-refractivity contribution in [2.75, 3.05) is 6.61 Å². The van der Waals surface area contributed by atoms with E-state index in [4.69, 9.17) is 21.4 Å². The molecule has 0 radical (unpaired) electrons. The van der Waals surface area contributed by atoms with Crippen LogP contribution in [0.2, 0.25) is 0 Å². The van der Waals surface area contributed by atoms with Crippen LogP contribution in [0.25, 0.3) is 0 Å². The van der Waals surface area contributed by atoms with Crippen LogP contribution in [0, 0.1) is 10.1 Å². The molecule has 0 aliphatic carbocycles. The summed E-state index contributed by atoms with van der Waals surface area (Å²) in [5.74, 6) is -1.57. The Morgan fingerprint density at radius 3 is 2.82 bits per heavy atom. The van der Waals surface area contributed by atoms with E-state index in [0.717, 1.165) is 0 Å². The molecule has 7 heteroatoms. The summed E-state index contributed by atoms with van der Waals surface area (Å²) in [6, 6.07) is 3.69. The molecule has 0 saturated heterocycles. The number of nitro benzene ring substituents is 1. The molecule has 1 aromatic rings. The van der Waals surface area contributed by atoms with Crippen molar-refractivity contribution in [2.24, 2.45) is 0 Å². The van der Waals surface area contributed by atoms with Gasteiger partial charge >= 0.3 is 11.7 Å². The number of rotatable bonds is 5. The van der Waals surface area contributed by atoms with E-state index in [1.54, 1.807) is 0 Å². The number of ether oxygens (including phenoxy) is 1. The highest BCUT2D eigenvalue weighted by molar-refractivity contribution is 6.25. The number of aromatic carboxylic acids is 1. The molecule has 1 aromatic carbocycles. The third kappa shape index (κ3) is 3.18. The summed E-state index contributed by atoms with van der Waals surface area (Å²) in [4.78, 5) is 20.9. The number of carboxylic acid groups (broad SMARTS) is 1. The quantitative estimate of drug-likeness (QED) is 0.646. The van der Waals surface area contributed by atoms with Crippen molar-refractivity contribution in [1.29, 1.82) is 0 Å². The van der Waals surface area contributed by atoms with Crippen LogP contribution in [0.15, 0.2) is 29.8 Å². The van der Waals surface area contributed by atoms with Crippen LogP contribution < -0.4 is 4.74 Å². The third-order valence-corrected chi connectivity index (χ3v) is 2.01. The van der Waals surface area contributed by atoms with Crippen LogP contribution in [0.3, 0.4) is 0 Å². The van der Waals surface area contributed by atoms with E-state index in [2.05, 4.69) is 0 Å². The van der Waals surface area contributed by atoms with Gasteiger partial charge in [-0.15, -0.1) is 0 Å². The van der Waals surface area contributed by atoms with Crippen molar-refractivity contribution >= 4 is 23.3 Å². The minimum atomic E-state index is -1.29. The average molecular weight is 258 g/mol. The van der Waals surface area contributed by atoms with E-state index >= 15 is 0 Å². The van der Waals surface area contributed by atoms with E-state index in [-0.39, 0.29) is 17.9 Å². The van der Waals surface area contributed by atoms with Crippen LogP contribution in [0.5, 0.6) is 5.75 Å². The molecule has 0 saturated carbocycles. The molecule has 0 aliphatic rings. The number of hydrogen-bond donors (Lipinski definition) is 1. The maximum Gasteiger partial charge on any atom is 0.339 e. The van der Waals surface area contributed by atoms with Gasteiger partial charge in [0.15, 0.2) is 0 Å². The fraction of sp³-hybridized carbons (Fsp3) is 0.100. The van der Waals surface area contributed by atoms with Crippen molar-refractivity contribution in [2.45, 2.75) is 0 Å². The molecule has 1 N–H and O–H groups in total. The summed E-state index contributed by atoms with van der Waals surface area (Å²) in [5, 5.41) is 19.6. The van der Waals surface area contributed by atoms with Gasteiger partial charge in [0.25, 0.3) is 0 Å². The van der Waals surface area contributed by atoms with Crippen molar-refractivity contribution in [3.05, 3.63) is 45.5 Å². The van der Waals surface area contributed by atoms with Gasteiger partial charge in [-0.05, 0) is 12.1 Å². The second kappa shape index (κ2) is 5.86. The van der Waals surface area contributed by atoms with Crippen LogP contribution >= 0.6 is 11.6 Å². The smallest absolute Gasteiger partial charge is 0.339 e. The lowest BCUT2D eigenvalue weighted by Crippen LogP contribution is -2.06. The van der Waals surface area contributed by atoms with Gasteiger partial charge in [0.2, 0.25) is 5.75 Å². The Hall–Kier alpha value is -2.08. The Kier molecular flexibility index (Phi) is 4.47. The number of carboxylic acids is 1. The van der Waals surface area contributed by atoms with E-state index in [1.165, 1.54) is 29.8 Å². The van der Waals surface area contributed by atoms with E-state index in [0.29, 0.717) is 0 Å². The molecule has 0 unspecified atom stereocenters. The fourth-order valence-electron chi connectivity index (χ4n) is 1.16. The van der Waals surface area contributed by atoms with Crippen LogP contribution in [-0.2, 0) is 0 Å². The van der Waals surface area contributed by atoms with Crippen LogP contribution in [-0.4, -0.2) is 22.6 Å². The van der Waals surface area contributed by atoms with Crippen molar-refractivity contribution < 1.29 is 19.6 Å². The van der Waals surface area contributed by atoms with Gasteiger partial charge in [0.1, 0.15) is 12.2 Å². The summed E-state index contributed by atoms with van der Waals surface area (Å²) in [6.45, 7) is -0.0470. The van der Waals surface area contributed by atoms with Crippen LogP contribution in [0.1, 0.15) is 10.4 Å². The molecule has 1 rings (SSSR count). The number of nitrogens with zero attached hydrogens (tertiary/aromatic N) is 1. The Balaban J connectivity index is 3.18. The summed E-state index contributed by atoms with van der Waals surface area (Å²) >= 11 is 5.26. The van der Waals surface area contributed by atoms with Gasteiger partial charge in [0.05, 0.1) is 4.92 Å². The first-order valence-corrected chi connectivity index (χ1v) is 4.90. The summed E-state index contributed by atoms with van der Waals surface area (Å²) in [6.07, 6.45) is 1.39. The lowest BCUT2D eigenvalue weighted by atomic mass is 10.2. The molecule has 0 atom stereocenters. The van der Waals surface area contributed by atoms with E-state index in [1.807, 2.05) is 0 Å². The van der Waals surface area contributed by atoms with Crippen molar-refractivity contribution in [1.82, 2.24) is 0 Å². The highest BCUT2D eigenvalue weighted by atomic mass is 35.5. The lowest BCUT2D eigenvalue weighted by Gasteiger charge is -2.07. The molecule has 0 aliphatic heterocycles. The third-order valence-electron chi connectivity index (χ3n) is 1.83. The van der Waals surface area contributed by atoms with Gasteiger partial charge in [-0.25, -0.2) is 4.79 Å². The fourth-order valence-corrected chi connectivity index (χ4v) is 1.23. The summed E-state index contributed by atoms with van der Waals surface area (Å²) in [7, 11) is 0. The molecule has 90 valence electrons. The molecule has 0 fully saturated rings. The van der Waals surface area contributed by atoms with Crippen LogP contribution in [0.4, 0.5) is 5.69 Å². The van der Waals surface area contributed by atoms with Gasteiger partial charge in [-0.2, -0.15) is 0 Å². The number of halogens is 1. The second-order valence-electron chi connectivity index (χ2n) is 2.89. The maximum atomic E-state index is 10.9. The first-order chi connectivity index (χ1) is 8.07. The molecule has 6 nitrogen and oxygen atoms in total. The average Bonchev–Trinajstić information content (AvgIpc) is 2.28. The molecule has 0 bridgehead atoms. The second-order valence-corrected chi connectivity index (χ2v) is 3.14. The number of benzene rings is 1. The molecule has 17 heavy (non-hydrogen) atoms. The predicted molar refractivity (Wildman–Crippen MR) is 60.5 cm³/mol. The molecule has 0 aromatic heterocycles. The minimum Gasteiger partial charge on any atom is -0.482 e. The minimum absolute atomic E-state index is 0.0470. The molecular formula is C10H8ClNO5. The summed E-state index contributed by atoms with van der Waals surface area (Å²) in [5.41, 5.74) is 0.518. The number of hydrogen-bond acceptors (Lipinski definition) is 4. The van der Waals surface area contributed by atoms with Gasteiger partial charge in [-0.3, -0.25) is 10.1 Å². The number of para-hydroxylation sites is 1. The SMILES string of the molecule is O=C(O)c1cccc([N+](=O)[O-])c1OC/C=C/Cl. The monoisotopic (exact) mass is 257 g/mol.